The molecule has 0 bridgehead atoms. The number of unbranched alkanes of at least 4 members (excludes halogenated alkanes) is 2. The Morgan fingerprint density at radius 1 is 1.00 bits per heavy atom. The van der Waals surface area contributed by atoms with Crippen molar-refractivity contribution in [1.29, 1.82) is 0 Å². The van der Waals surface area contributed by atoms with Crippen LogP contribution in [0.15, 0.2) is 48.8 Å². The first kappa shape index (κ1) is 28.8. The zero-order valence-electron chi connectivity index (χ0n) is 24.3. The number of nitrogens with zero attached hydrogens (tertiary/aromatic N) is 5. The Morgan fingerprint density at radius 3 is 2.35 bits per heavy atom. The Bertz CT molecular complexity index is 1440. The zero-order valence-corrected chi connectivity index (χ0v) is 24.3. The molecule has 1 aromatic carbocycles. The van der Waals surface area contributed by atoms with Crippen LogP contribution in [0, 0.1) is 0 Å². The molecule has 0 aliphatic carbocycles. The second-order valence-corrected chi connectivity index (χ2v) is 11.2. The summed E-state index contributed by atoms with van der Waals surface area (Å²) in [4.78, 5) is 33.1. The number of hydrogen-bond acceptors (Lipinski definition) is 5. The van der Waals surface area contributed by atoms with E-state index in [0.29, 0.717) is 24.4 Å². The molecule has 0 radical (unpaired) electrons. The minimum absolute atomic E-state index is 0.0421. The topological polar surface area (TPSA) is 123 Å². The molecule has 4 aromatic rings. The van der Waals surface area contributed by atoms with Crippen LogP contribution in [0.25, 0.3) is 22.5 Å². The van der Waals surface area contributed by atoms with E-state index in [4.69, 9.17) is 0 Å². The fraction of sp³-hybridized carbons (Fsp3) is 0.433. The lowest BCUT2D eigenvalue weighted by molar-refractivity contribution is -0.120. The highest BCUT2D eigenvalue weighted by atomic mass is 16.2. The van der Waals surface area contributed by atoms with Crippen LogP contribution in [0.3, 0.4) is 0 Å². The molecule has 40 heavy (non-hydrogen) atoms. The van der Waals surface area contributed by atoms with Crippen molar-refractivity contribution >= 4 is 11.8 Å². The van der Waals surface area contributed by atoms with Gasteiger partial charge in [-0.1, -0.05) is 57.9 Å². The minimum Gasteiger partial charge on any atom is -0.359 e. The molecule has 0 fully saturated rings. The van der Waals surface area contributed by atoms with Crippen molar-refractivity contribution in [2.45, 2.75) is 64.3 Å². The number of carbonyl (C=O) groups is 2. The number of H-pyrrole nitrogens is 1. The highest BCUT2D eigenvalue weighted by Crippen LogP contribution is 2.26. The Labute approximate surface area is 235 Å². The van der Waals surface area contributed by atoms with Gasteiger partial charge in [-0.2, -0.15) is 10.2 Å². The third-order valence-corrected chi connectivity index (χ3v) is 6.99. The SMILES string of the molecule is CNC(=O)CCCCCC(NC(=O)c1cc(C(C)(C)C)nn1C)c1ncc(-c2ccc(-c3ccn(C)n3)cc2)[nH]1. The molecule has 3 aromatic heterocycles. The van der Waals surface area contributed by atoms with Crippen LogP contribution < -0.4 is 10.6 Å². The van der Waals surface area contributed by atoms with Gasteiger partial charge in [0.15, 0.2) is 0 Å². The third kappa shape index (κ3) is 7.05. The number of imidazole rings is 1. The van der Waals surface area contributed by atoms with Crippen molar-refractivity contribution in [2.75, 3.05) is 7.05 Å². The molecule has 2 amide bonds. The normalized spacial score (nSPS) is 12.3. The number of aryl methyl sites for hydroxylation is 2. The summed E-state index contributed by atoms with van der Waals surface area (Å²) in [6.45, 7) is 6.23. The van der Waals surface area contributed by atoms with Gasteiger partial charge < -0.3 is 15.6 Å². The molecule has 1 unspecified atom stereocenters. The number of rotatable bonds is 11. The van der Waals surface area contributed by atoms with E-state index in [1.807, 2.05) is 49.6 Å². The number of hydrogen-bond donors (Lipinski definition) is 3. The summed E-state index contributed by atoms with van der Waals surface area (Å²) < 4.78 is 3.42. The number of aromatic nitrogens is 6. The zero-order chi connectivity index (χ0) is 28.9. The molecule has 212 valence electrons. The van der Waals surface area contributed by atoms with Crippen LogP contribution in [0.5, 0.6) is 0 Å². The molecule has 3 heterocycles. The minimum atomic E-state index is -0.318. The van der Waals surface area contributed by atoms with Crippen LogP contribution in [0.4, 0.5) is 0 Å². The molecule has 0 spiro atoms. The highest BCUT2D eigenvalue weighted by Gasteiger charge is 2.24. The molecule has 0 saturated carbocycles. The molecule has 10 heteroatoms. The predicted molar refractivity (Wildman–Crippen MR) is 155 cm³/mol. The van der Waals surface area contributed by atoms with E-state index in [2.05, 4.69) is 51.6 Å². The molecule has 4 rings (SSSR count). The van der Waals surface area contributed by atoms with Gasteiger partial charge in [0.25, 0.3) is 5.91 Å². The van der Waals surface area contributed by atoms with Crippen LogP contribution in [0.1, 0.15) is 80.9 Å². The molecular formula is C30H40N8O2. The average molecular weight is 545 g/mol. The average Bonchev–Trinajstić information content (AvgIpc) is 3.67. The standard InChI is InChI=1S/C30H40N8O2/c1-30(2,3)26-18-25(38(6)36-26)29(40)34-23(10-8-7-9-11-27(39)31-4)28-32-19-24(33-28)21-14-12-20(13-15-21)22-16-17-37(5)35-22/h12-19,23H,7-11H2,1-6H3,(H,31,39)(H,32,33)(H,34,40). The molecule has 0 aliphatic heterocycles. The van der Waals surface area contributed by atoms with Gasteiger partial charge in [-0.15, -0.1) is 0 Å². The maximum absolute atomic E-state index is 13.4. The van der Waals surface area contributed by atoms with Crippen molar-refractivity contribution in [3.8, 4) is 22.5 Å². The fourth-order valence-corrected chi connectivity index (χ4v) is 4.54. The Balaban J connectivity index is 1.51. The summed E-state index contributed by atoms with van der Waals surface area (Å²) >= 11 is 0. The summed E-state index contributed by atoms with van der Waals surface area (Å²) in [6.07, 6.45) is 7.43. The second kappa shape index (κ2) is 12.3. The van der Waals surface area contributed by atoms with Gasteiger partial charge in [0.2, 0.25) is 5.91 Å². The summed E-state index contributed by atoms with van der Waals surface area (Å²) in [7, 11) is 5.34. The van der Waals surface area contributed by atoms with E-state index in [0.717, 1.165) is 47.5 Å². The second-order valence-electron chi connectivity index (χ2n) is 11.2. The maximum Gasteiger partial charge on any atom is 0.270 e. The molecule has 1 atom stereocenters. The summed E-state index contributed by atoms with van der Waals surface area (Å²) in [5, 5.41) is 14.9. The van der Waals surface area contributed by atoms with E-state index < -0.39 is 0 Å². The Hall–Kier alpha value is -4.21. The monoisotopic (exact) mass is 544 g/mol. The van der Waals surface area contributed by atoms with E-state index in [1.165, 1.54) is 0 Å². The van der Waals surface area contributed by atoms with Crippen LogP contribution in [-0.2, 0) is 24.3 Å². The van der Waals surface area contributed by atoms with Crippen LogP contribution in [-0.4, -0.2) is 48.4 Å². The van der Waals surface area contributed by atoms with Crippen molar-refractivity contribution in [3.05, 3.63) is 66.0 Å². The first-order valence-electron chi connectivity index (χ1n) is 13.8. The lowest BCUT2D eigenvalue weighted by atomic mass is 9.92. The van der Waals surface area contributed by atoms with Gasteiger partial charge in [0.1, 0.15) is 11.5 Å². The highest BCUT2D eigenvalue weighted by molar-refractivity contribution is 5.93. The van der Waals surface area contributed by atoms with E-state index >= 15 is 0 Å². The van der Waals surface area contributed by atoms with Crippen molar-refractivity contribution in [3.63, 3.8) is 0 Å². The summed E-state index contributed by atoms with van der Waals surface area (Å²) in [6, 6.07) is 11.7. The van der Waals surface area contributed by atoms with Crippen LogP contribution >= 0.6 is 0 Å². The lowest BCUT2D eigenvalue weighted by Gasteiger charge is -2.17. The van der Waals surface area contributed by atoms with Gasteiger partial charge in [0, 0.05) is 44.7 Å². The number of benzene rings is 1. The van der Waals surface area contributed by atoms with Gasteiger partial charge in [-0.3, -0.25) is 19.0 Å². The summed E-state index contributed by atoms with van der Waals surface area (Å²) in [5.74, 6) is 0.542. The number of nitrogens with one attached hydrogen (secondary N) is 3. The first-order chi connectivity index (χ1) is 19.0. The van der Waals surface area contributed by atoms with E-state index in [9.17, 15) is 9.59 Å². The van der Waals surface area contributed by atoms with Crippen molar-refractivity contribution < 1.29 is 9.59 Å². The van der Waals surface area contributed by atoms with Gasteiger partial charge in [0.05, 0.1) is 29.3 Å². The predicted octanol–water partition coefficient (Wildman–Crippen LogP) is 4.68. The Kier molecular flexibility index (Phi) is 8.86. The van der Waals surface area contributed by atoms with Gasteiger partial charge >= 0.3 is 0 Å². The number of amides is 2. The van der Waals surface area contributed by atoms with E-state index in [1.54, 1.807) is 29.7 Å². The van der Waals surface area contributed by atoms with Crippen molar-refractivity contribution in [1.82, 2.24) is 40.2 Å². The molecule has 0 saturated heterocycles. The first-order valence-corrected chi connectivity index (χ1v) is 13.8. The van der Waals surface area contributed by atoms with Gasteiger partial charge in [-0.25, -0.2) is 4.98 Å². The smallest absolute Gasteiger partial charge is 0.270 e. The number of carbonyl (C=O) groups excluding carboxylic acids is 2. The molecule has 3 N–H and O–H groups in total. The lowest BCUT2D eigenvalue weighted by Crippen LogP contribution is -2.30. The third-order valence-electron chi connectivity index (χ3n) is 6.99. The molecule has 10 nitrogen and oxygen atoms in total. The fourth-order valence-electron chi connectivity index (χ4n) is 4.54. The van der Waals surface area contributed by atoms with E-state index in [-0.39, 0.29) is 23.3 Å². The van der Waals surface area contributed by atoms with Gasteiger partial charge in [-0.05, 0) is 30.5 Å². The van der Waals surface area contributed by atoms with Crippen LogP contribution in [0.2, 0.25) is 0 Å². The summed E-state index contributed by atoms with van der Waals surface area (Å²) in [5.41, 5.74) is 5.03. The number of aromatic amines is 1. The quantitative estimate of drug-likeness (QED) is 0.237. The molecule has 0 aliphatic rings. The van der Waals surface area contributed by atoms with Crippen molar-refractivity contribution in [2.24, 2.45) is 14.1 Å². The Morgan fingerprint density at radius 2 is 1.73 bits per heavy atom. The molecular weight excluding hydrogens is 504 g/mol. The largest absolute Gasteiger partial charge is 0.359 e. The maximum atomic E-state index is 13.4.